The highest BCUT2D eigenvalue weighted by atomic mass is 35.5. The molecule has 0 aromatic heterocycles. The Balaban J connectivity index is 0.00000306. The second kappa shape index (κ2) is 11.0. The average molecular weight is 464 g/mol. The summed E-state index contributed by atoms with van der Waals surface area (Å²) in [5.41, 5.74) is 3.85. The third kappa shape index (κ3) is 4.98. The van der Waals surface area contributed by atoms with Gasteiger partial charge in [-0.3, -0.25) is 4.79 Å². The zero-order valence-electron chi connectivity index (χ0n) is 19.8. The molecule has 0 bridgehead atoms. The van der Waals surface area contributed by atoms with Crippen molar-refractivity contribution < 1.29 is 22.1 Å². The van der Waals surface area contributed by atoms with E-state index in [0.29, 0.717) is 0 Å². The average Bonchev–Trinajstić information content (AvgIpc) is 3.07. The Morgan fingerprint density at radius 1 is 0.879 bits per heavy atom. The number of anilines is 1. The SMILES string of the molecule is CN(CCc1ccccc1)N1C(=O)C(CCC[NH+](C)C)(c2ccccc2)c2ccccc21.[Cl-]. The lowest BCUT2D eigenvalue weighted by molar-refractivity contribution is -0.858. The summed E-state index contributed by atoms with van der Waals surface area (Å²) in [7, 11) is 6.37. The maximum atomic E-state index is 14.3. The summed E-state index contributed by atoms with van der Waals surface area (Å²) in [6.45, 7) is 1.81. The number of para-hydroxylation sites is 1. The maximum absolute atomic E-state index is 14.3. The number of amides is 1. The van der Waals surface area contributed by atoms with E-state index in [0.717, 1.165) is 49.2 Å². The molecule has 1 aliphatic rings. The number of hydrogen-bond donors (Lipinski definition) is 1. The van der Waals surface area contributed by atoms with Crippen LogP contribution in [0.3, 0.4) is 0 Å². The molecular formula is C28H34ClN3O. The maximum Gasteiger partial charge on any atom is 0.256 e. The Morgan fingerprint density at radius 2 is 1.48 bits per heavy atom. The van der Waals surface area contributed by atoms with Crippen molar-refractivity contribution in [3.8, 4) is 0 Å². The van der Waals surface area contributed by atoms with Crippen LogP contribution in [0.25, 0.3) is 0 Å². The van der Waals surface area contributed by atoms with Crippen molar-refractivity contribution in [2.45, 2.75) is 24.7 Å². The third-order valence-corrected chi connectivity index (χ3v) is 6.55. The van der Waals surface area contributed by atoms with Crippen molar-refractivity contribution in [2.75, 3.05) is 39.2 Å². The van der Waals surface area contributed by atoms with Crippen molar-refractivity contribution in [2.24, 2.45) is 0 Å². The molecule has 1 N–H and O–H groups in total. The summed E-state index contributed by atoms with van der Waals surface area (Å²) in [6.07, 6.45) is 2.69. The van der Waals surface area contributed by atoms with E-state index >= 15 is 0 Å². The monoisotopic (exact) mass is 463 g/mol. The predicted octanol–water partition coefficient (Wildman–Crippen LogP) is 0.338. The number of likely N-dealkylation sites (N-methyl/N-ethyl adjacent to an activating group) is 1. The summed E-state index contributed by atoms with van der Waals surface area (Å²) < 4.78 is 0. The molecule has 1 aliphatic heterocycles. The van der Waals surface area contributed by atoms with Crippen LogP contribution >= 0.6 is 0 Å². The first-order valence-electron chi connectivity index (χ1n) is 11.6. The first-order chi connectivity index (χ1) is 15.5. The normalized spacial score (nSPS) is 17.4. The minimum atomic E-state index is -0.645. The van der Waals surface area contributed by atoms with E-state index in [1.54, 1.807) is 0 Å². The Hall–Kier alpha value is -2.66. The van der Waals surface area contributed by atoms with Crippen LogP contribution in [0.1, 0.15) is 29.5 Å². The Morgan fingerprint density at radius 3 is 2.15 bits per heavy atom. The minimum absolute atomic E-state index is 0. The van der Waals surface area contributed by atoms with E-state index in [9.17, 15) is 4.79 Å². The second-order valence-corrected chi connectivity index (χ2v) is 9.08. The van der Waals surface area contributed by atoms with Gasteiger partial charge < -0.3 is 17.3 Å². The van der Waals surface area contributed by atoms with Gasteiger partial charge in [-0.15, -0.1) is 0 Å². The number of hydrazine groups is 1. The summed E-state index contributed by atoms with van der Waals surface area (Å²) in [5, 5.41) is 4.02. The van der Waals surface area contributed by atoms with Crippen LogP contribution in [0.5, 0.6) is 0 Å². The van der Waals surface area contributed by atoms with Gasteiger partial charge in [-0.1, -0.05) is 78.9 Å². The molecule has 4 rings (SSSR count). The molecule has 174 valence electrons. The summed E-state index contributed by atoms with van der Waals surface area (Å²) >= 11 is 0. The third-order valence-electron chi connectivity index (χ3n) is 6.55. The molecule has 33 heavy (non-hydrogen) atoms. The van der Waals surface area contributed by atoms with Gasteiger partial charge in [0.2, 0.25) is 0 Å². The van der Waals surface area contributed by atoms with Crippen LogP contribution in [0.15, 0.2) is 84.9 Å². The van der Waals surface area contributed by atoms with Crippen LogP contribution < -0.4 is 22.3 Å². The van der Waals surface area contributed by atoms with E-state index in [1.165, 1.54) is 10.5 Å². The predicted molar refractivity (Wildman–Crippen MR) is 131 cm³/mol. The number of benzene rings is 3. The molecule has 5 heteroatoms. The molecule has 1 atom stereocenters. The van der Waals surface area contributed by atoms with Crippen LogP contribution in [0, 0.1) is 0 Å². The van der Waals surface area contributed by atoms with Gasteiger partial charge in [0.05, 0.1) is 26.3 Å². The molecule has 1 amide bonds. The second-order valence-electron chi connectivity index (χ2n) is 9.08. The van der Waals surface area contributed by atoms with Crippen LogP contribution in [-0.4, -0.2) is 45.1 Å². The molecule has 0 aliphatic carbocycles. The lowest BCUT2D eigenvalue weighted by atomic mass is 9.72. The van der Waals surface area contributed by atoms with Gasteiger partial charge in [-0.05, 0) is 42.0 Å². The molecule has 0 saturated carbocycles. The highest BCUT2D eigenvalue weighted by Crippen LogP contribution is 2.49. The zero-order valence-corrected chi connectivity index (χ0v) is 20.6. The quantitative estimate of drug-likeness (QED) is 0.495. The minimum Gasteiger partial charge on any atom is -1.00 e. The molecule has 3 aromatic carbocycles. The lowest BCUT2D eigenvalue weighted by Gasteiger charge is -2.33. The molecule has 0 spiro atoms. The van der Waals surface area contributed by atoms with Crippen molar-refractivity contribution in [1.29, 1.82) is 0 Å². The molecule has 4 nitrogen and oxygen atoms in total. The topological polar surface area (TPSA) is 28.0 Å². The van der Waals surface area contributed by atoms with Gasteiger partial charge in [-0.2, -0.15) is 0 Å². The van der Waals surface area contributed by atoms with E-state index in [4.69, 9.17) is 0 Å². The Bertz CT molecular complexity index is 1040. The molecule has 1 unspecified atom stereocenters. The van der Waals surface area contributed by atoms with E-state index in [1.807, 2.05) is 42.4 Å². The van der Waals surface area contributed by atoms with Crippen LogP contribution in [0.2, 0.25) is 0 Å². The van der Waals surface area contributed by atoms with Crippen LogP contribution in [0.4, 0.5) is 5.69 Å². The number of hydrogen-bond acceptors (Lipinski definition) is 2. The van der Waals surface area contributed by atoms with Crippen molar-refractivity contribution in [3.63, 3.8) is 0 Å². The smallest absolute Gasteiger partial charge is 0.256 e. The highest BCUT2D eigenvalue weighted by molar-refractivity contribution is 6.09. The number of carbonyl (C=O) groups is 1. The fourth-order valence-corrected chi connectivity index (χ4v) is 4.89. The van der Waals surface area contributed by atoms with Crippen LogP contribution in [-0.2, 0) is 16.6 Å². The van der Waals surface area contributed by atoms with Gasteiger partial charge in [0.25, 0.3) is 5.91 Å². The molecule has 1 heterocycles. The number of carbonyl (C=O) groups excluding carboxylic acids is 1. The molecule has 0 saturated heterocycles. The molecule has 0 radical (unpaired) electrons. The number of nitrogens with one attached hydrogen (secondary N) is 1. The number of fused-ring (bicyclic) bond motifs is 1. The Labute approximate surface area is 204 Å². The first kappa shape index (κ1) is 25.0. The van der Waals surface area contributed by atoms with Crippen molar-refractivity contribution in [3.05, 3.63) is 102 Å². The highest BCUT2D eigenvalue weighted by Gasteiger charge is 2.52. The number of nitrogens with zero attached hydrogens (tertiary/aromatic N) is 2. The summed E-state index contributed by atoms with van der Waals surface area (Å²) in [5.74, 6) is 0.161. The first-order valence-corrected chi connectivity index (χ1v) is 11.6. The summed E-state index contributed by atoms with van der Waals surface area (Å²) in [4.78, 5) is 15.7. The number of halogens is 1. The van der Waals surface area contributed by atoms with Crippen molar-refractivity contribution >= 4 is 11.6 Å². The van der Waals surface area contributed by atoms with Crippen molar-refractivity contribution in [1.82, 2.24) is 5.01 Å². The van der Waals surface area contributed by atoms with Gasteiger partial charge in [0.15, 0.2) is 0 Å². The molecule has 3 aromatic rings. The largest absolute Gasteiger partial charge is 1.00 e. The number of rotatable bonds is 9. The fourth-order valence-electron chi connectivity index (χ4n) is 4.89. The lowest BCUT2D eigenvalue weighted by Crippen LogP contribution is -3.05. The standard InChI is InChI=1S/C28H33N3O.ClH/c1-29(2)21-12-20-28(24-15-8-5-9-16-24)25-17-10-11-18-26(25)31(27(28)32)30(3)22-19-23-13-6-4-7-14-23;/h4-11,13-18H,12,19-22H2,1-3H3;1H. The number of quaternary nitrogens is 1. The van der Waals surface area contributed by atoms with Gasteiger partial charge in [0, 0.05) is 13.6 Å². The fraction of sp³-hybridized carbons (Fsp3) is 0.321. The van der Waals surface area contributed by atoms with Gasteiger partial charge >= 0.3 is 0 Å². The van der Waals surface area contributed by atoms with E-state index < -0.39 is 5.41 Å². The van der Waals surface area contributed by atoms with E-state index in [2.05, 4.69) is 73.7 Å². The molecule has 0 fully saturated rings. The van der Waals surface area contributed by atoms with Gasteiger partial charge in [0.1, 0.15) is 5.41 Å². The van der Waals surface area contributed by atoms with Gasteiger partial charge in [-0.25, -0.2) is 10.0 Å². The molecular weight excluding hydrogens is 430 g/mol. The zero-order chi connectivity index (χ0) is 22.6. The Kier molecular flexibility index (Phi) is 8.30. The van der Waals surface area contributed by atoms with E-state index in [-0.39, 0.29) is 18.3 Å². The summed E-state index contributed by atoms with van der Waals surface area (Å²) in [6, 6.07) is 29.2.